The van der Waals surface area contributed by atoms with Crippen LogP contribution < -0.4 is 9.46 Å². The number of rotatable bonds is 6. The minimum Gasteiger partial charge on any atom is -0.494 e. The van der Waals surface area contributed by atoms with Crippen LogP contribution in [0.1, 0.15) is 22.4 Å². The van der Waals surface area contributed by atoms with Gasteiger partial charge in [0.25, 0.3) is 10.0 Å². The SMILES string of the molecule is CCOc1ccc(NS(=O)(=O)c2cc(-c3nc(C)c(C)s3)sc2C)cc1. The fraction of sp³-hybridized carbons (Fsp3) is 0.278. The zero-order valence-electron chi connectivity index (χ0n) is 15.0. The van der Waals surface area contributed by atoms with Crippen LogP contribution in [-0.4, -0.2) is 20.0 Å². The predicted octanol–water partition coefficient (Wildman–Crippen LogP) is 5.00. The van der Waals surface area contributed by atoms with Crippen LogP contribution in [-0.2, 0) is 10.0 Å². The number of ether oxygens (including phenoxy) is 1. The van der Waals surface area contributed by atoms with Crippen molar-refractivity contribution in [1.82, 2.24) is 4.98 Å². The zero-order valence-corrected chi connectivity index (χ0v) is 17.4. The van der Waals surface area contributed by atoms with E-state index in [1.807, 2.05) is 27.7 Å². The van der Waals surface area contributed by atoms with Gasteiger partial charge >= 0.3 is 0 Å². The molecule has 3 rings (SSSR count). The van der Waals surface area contributed by atoms with E-state index in [1.165, 1.54) is 11.3 Å². The zero-order chi connectivity index (χ0) is 18.9. The summed E-state index contributed by atoms with van der Waals surface area (Å²) in [4.78, 5) is 7.57. The monoisotopic (exact) mass is 408 g/mol. The fourth-order valence-corrected chi connectivity index (χ4v) is 6.02. The highest BCUT2D eigenvalue weighted by molar-refractivity contribution is 7.93. The van der Waals surface area contributed by atoms with Gasteiger partial charge in [-0.25, -0.2) is 13.4 Å². The quantitative estimate of drug-likeness (QED) is 0.623. The van der Waals surface area contributed by atoms with E-state index in [1.54, 1.807) is 41.7 Å². The Morgan fingerprint density at radius 2 is 1.77 bits per heavy atom. The highest BCUT2D eigenvalue weighted by atomic mass is 32.2. The van der Waals surface area contributed by atoms with Crippen LogP contribution in [0.25, 0.3) is 9.88 Å². The summed E-state index contributed by atoms with van der Waals surface area (Å²) < 4.78 is 33.6. The van der Waals surface area contributed by atoms with E-state index in [4.69, 9.17) is 4.74 Å². The summed E-state index contributed by atoms with van der Waals surface area (Å²) in [6, 6.07) is 8.58. The lowest BCUT2D eigenvalue weighted by Crippen LogP contribution is -2.13. The van der Waals surface area contributed by atoms with Gasteiger partial charge in [0, 0.05) is 15.4 Å². The van der Waals surface area contributed by atoms with Crippen molar-refractivity contribution in [3.05, 3.63) is 45.8 Å². The maximum absolute atomic E-state index is 12.8. The number of nitrogens with zero attached hydrogens (tertiary/aromatic N) is 1. The van der Waals surface area contributed by atoms with E-state index < -0.39 is 10.0 Å². The first-order valence-electron chi connectivity index (χ1n) is 8.10. The molecular formula is C18H20N2O3S3. The molecule has 0 saturated heterocycles. The molecule has 0 fully saturated rings. The second kappa shape index (κ2) is 7.38. The van der Waals surface area contributed by atoms with Crippen molar-refractivity contribution in [2.75, 3.05) is 11.3 Å². The maximum Gasteiger partial charge on any atom is 0.263 e. The van der Waals surface area contributed by atoms with Crippen LogP contribution >= 0.6 is 22.7 Å². The van der Waals surface area contributed by atoms with E-state index in [0.29, 0.717) is 18.0 Å². The number of thiazole rings is 1. The summed E-state index contributed by atoms with van der Waals surface area (Å²) in [7, 11) is -3.66. The van der Waals surface area contributed by atoms with Crippen molar-refractivity contribution in [2.45, 2.75) is 32.6 Å². The summed E-state index contributed by atoms with van der Waals surface area (Å²) in [6.07, 6.45) is 0. The van der Waals surface area contributed by atoms with Gasteiger partial charge in [-0.1, -0.05) is 0 Å². The lowest BCUT2D eigenvalue weighted by molar-refractivity contribution is 0.340. The maximum atomic E-state index is 12.8. The van der Waals surface area contributed by atoms with Crippen molar-refractivity contribution in [2.24, 2.45) is 0 Å². The summed E-state index contributed by atoms with van der Waals surface area (Å²) in [5.41, 5.74) is 1.48. The van der Waals surface area contributed by atoms with Gasteiger partial charge in [-0.3, -0.25) is 4.72 Å². The van der Waals surface area contributed by atoms with Gasteiger partial charge in [0.1, 0.15) is 15.7 Å². The molecule has 0 aliphatic carbocycles. The minimum atomic E-state index is -3.66. The number of hydrogen-bond donors (Lipinski definition) is 1. The molecule has 8 heteroatoms. The van der Waals surface area contributed by atoms with Crippen molar-refractivity contribution >= 4 is 38.4 Å². The predicted molar refractivity (Wildman–Crippen MR) is 108 cm³/mol. The number of aromatic nitrogens is 1. The van der Waals surface area contributed by atoms with Crippen LogP contribution in [0.3, 0.4) is 0 Å². The number of aryl methyl sites for hydroxylation is 3. The first-order chi connectivity index (χ1) is 12.3. The standard InChI is InChI=1S/C18H20N2O3S3/c1-5-23-15-8-6-14(7-9-15)20-26(21,22)17-10-16(24-13(17)4)18-19-11(2)12(3)25-18/h6-10,20H,5H2,1-4H3. The van der Waals surface area contributed by atoms with E-state index in [2.05, 4.69) is 9.71 Å². The Balaban J connectivity index is 1.87. The van der Waals surface area contributed by atoms with Crippen LogP contribution in [0.15, 0.2) is 35.2 Å². The first-order valence-corrected chi connectivity index (χ1v) is 11.2. The van der Waals surface area contributed by atoms with Crippen LogP contribution in [0.4, 0.5) is 5.69 Å². The van der Waals surface area contributed by atoms with Crippen LogP contribution in [0.2, 0.25) is 0 Å². The topological polar surface area (TPSA) is 68.3 Å². The van der Waals surface area contributed by atoms with Gasteiger partial charge in [-0.15, -0.1) is 22.7 Å². The minimum absolute atomic E-state index is 0.289. The normalized spacial score (nSPS) is 11.5. The highest BCUT2D eigenvalue weighted by Gasteiger charge is 2.22. The van der Waals surface area contributed by atoms with E-state index in [9.17, 15) is 8.42 Å². The highest BCUT2D eigenvalue weighted by Crippen LogP contribution is 2.37. The molecule has 0 aliphatic heterocycles. The van der Waals surface area contributed by atoms with Gasteiger partial charge in [-0.2, -0.15) is 0 Å². The molecule has 0 aliphatic rings. The molecule has 1 aromatic carbocycles. The molecule has 26 heavy (non-hydrogen) atoms. The van der Waals surface area contributed by atoms with Gasteiger partial charge in [0.05, 0.1) is 17.2 Å². The molecule has 0 saturated carbocycles. The summed E-state index contributed by atoms with van der Waals surface area (Å²) >= 11 is 3.03. The van der Waals surface area contributed by atoms with Gasteiger partial charge in [-0.05, 0) is 58.0 Å². The molecule has 138 valence electrons. The Hall–Kier alpha value is -1.90. The van der Waals surface area contributed by atoms with Crippen molar-refractivity contribution in [3.63, 3.8) is 0 Å². The van der Waals surface area contributed by atoms with Crippen molar-refractivity contribution in [1.29, 1.82) is 0 Å². The smallest absolute Gasteiger partial charge is 0.263 e. The number of nitrogens with one attached hydrogen (secondary N) is 1. The van der Waals surface area contributed by atoms with Crippen molar-refractivity contribution < 1.29 is 13.2 Å². The molecule has 1 N–H and O–H groups in total. The van der Waals surface area contributed by atoms with Gasteiger partial charge < -0.3 is 4.74 Å². The van der Waals surface area contributed by atoms with E-state index in [0.717, 1.165) is 25.3 Å². The molecule has 2 aromatic heterocycles. The average Bonchev–Trinajstić information content (AvgIpc) is 3.13. The molecule has 0 radical (unpaired) electrons. The second-order valence-corrected chi connectivity index (χ2v) is 9.86. The molecule has 2 heterocycles. The molecule has 0 unspecified atom stereocenters. The third kappa shape index (κ3) is 3.92. The third-order valence-electron chi connectivity index (χ3n) is 3.82. The fourth-order valence-electron chi connectivity index (χ4n) is 2.41. The molecule has 0 atom stereocenters. The Morgan fingerprint density at radius 3 is 2.35 bits per heavy atom. The number of hydrogen-bond acceptors (Lipinski definition) is 6. The first kappa shape index (κ1) is 18.9. The average molecular weight is 409 g/mol. The molecule has 0 bridgehead atoms. The van der Waals surface area contributed by atoms with Gasteiger partial charge in [0.15, 0.2) is 0 Å². The third-order valence-corrected chi connectivity index (χ3v) is 7.75. The molecule has 3 aromatic rings. The lowest BCUT2D eigenvalue weighted by Gasteiger charge is -2.08. The van der Waals surface area contributed by atoms with Crippen molar-refractivity contribution in [3.8, 4) is 15.6 Å². The Kier molecular flexibility index (Phi) is 5.36. The number of anilines is 1. The number of thiophene rings is 1. The number of benzene rings is 1. The molecule has 5 nitrogen and oxygen atoms in total. The summed E-state index contributed by atoms with van der Waals surface area (Å²) in [6.45, 7) is 8.26. The molecular weight excluding hydrogens is 388 g/mol. The van der Waals surface area contributed by atoms with Crippen LogP contribution in [0, 0.1) is 20.8 Å². The summed E-state index contributed by atoms with van der Waals surface area (Å²) in [5, 5.41) is 0.857. The Morgan fingerprint density at radius 1 is 1.08 bits per heavy atom. The molecule has 0 spiro atoms. The van der Waals surface area contributed by atoms with Gasteiger partial charge in [0.2, 0.25) is 0 Å². The largest absolute Gasteiger partial charge is 0.494 e. The number of sulfonamides is 1. The van der Waals surface area contributed by atoms with E-state index >= 15 is 0 Å². The van der Waals surface area contributed by atoms with Crippen LogP contribution in [0.5, 0.6) is 5.75 Å². The van der Waals surface area contributed by atoms with E-state index in [-0.39, 0.29) is 4.90 Å². The summed E-state index contributed by atoms with van der Waals surface area (Å²) in [5.74, 6) is 0.707. The Bertz CT molecular complexity index is 999. The second-order valence-electron chi connectivity index (χ2n) is 5.75. The Labute approximate surface area is 161 Å². The lowest BCUT2D eigenvalue weighted by atomic mass is 10.3. The molecule has 0 amide bonds.